The maximum Gasteiger partial charge on any atom is 0.255 e. The first kappa shape index (κ1) is 19.7. The molecule has 3 unspecified atom stereocenters. The number of benzene rings is 2. The van der Waals surface area contributed by atoms with E-state index in [0.717, 1.165) is 41.1 Å². The van der Waals surface area contributed by atoms with Crippen molar-refractivity contribution in [3.05, 3.63) is 76.3 Å². The standard InChI is InChI=1S/C26H29ClN2O/c1-29(17-9-3-2-4-10-17)26(30)22-15-8-14-20-18-12-7-13-19(18)24(28-25(20)22)21-11-5-6-16-23(21)27/h5-8,11-12,14-19,24,28H,2-4,9-10,13H2,1H3. The van der Waals surface area contributed by atoms with Crippen molar-refractivity contribution in [3.8, 4) is 0 Å². The Bertz CT molecular complexity index is 979. The third-order valence-electron chi connectivity index (χ3n) is 7.31. The molecule has 1 N–H and O–H groups in total. The highest BCUT2D eigenvalue weighted by Gasteiger charge is 2.40. The number of amides is 1. The average molecular weight is 421 g/mol. The third-order valence-corrected chi connectivity index (χ3v) is 7.65. The average Bonchev–Trinajstić information content (AvgIpc) is 3.28. The first-order chi connectivity index (χ1) is 14.6. The van der Waals surface area contributed by atoms with Gasteiger partial charge in [0, 0.05) is 24.0 Å². The van der Waals surface area contributed by atoms with E-state index in [1.165, 1.54) is 24.8 Å². The van der Waals surface area contributed by atoms with Gasteiger partial charge >= 0.3 is 0 Å². The van der Waals surface area contributed by atoms with Crippen molar-refractivity contribution < 1.29 is 4.79 Å². The highest BCUT2D eigenvalue weighted by atomic mass is 35.5. The molecular weight excluding hydrogens is 392 g/mol. The predicted molar refractivity (Wildman–Crippen MR) is 123 cm³/mol. The maximum atomic E-state index is 13.6. The molecule has 0 radical (unpaired) electrons. The van der Waals surface area contributed by atoms with Gasteiger partial charge in [0.2, 0.25) is 0 Å². The van der Waals surface area contributed by atoms with E-state index in [1.807, 2.05) is 42.3 Å². The minimum absolute atomic E-state index is 0.0973. The Morgan fingerprint density at radius 1 is 1.03 bits per heavy atom. The van der Waals surface area contributed by atoms with Gasteiger partial charge in [-0.2, -0.15) is 0 Å². The smallest absolute Gasteiger partial charge is 0.255 e. The number of anilines is 1. The van der Waals surface area contributed by atoms with Crippen molar-refractivity contribution in [1.82, 2.24) is 4.90 Å². The van der Waals surface area contributed by atoms with Crippen molar-refractivity contribution in [2.75, 3.05) is 12.4 Å². The van der Waals surface area contributed by atoms with Crippen LogP contribution in [0.1, 0.15) is 72.0 Å². The molecule has 156 valence electrons. The zero-order chi connectivity index (χ0) is 20.7. The summed E-state index contributed by atoms with van der Waals surface area (Å²) in [6.45, 7) is 0. The van der Waals surface area contributed by atoms with E-state index in [9.17, 15) is 4.79 Å². The van der Waals surface area contributed by atoms with E-state index >= 15 is 0 Å². The minimum atomic E-state index is 0.0973. The molecule has 0 bridgehead atoms. The minimum Gasteiger partial charge on any atom is -0.377 e. The Hall–Kier alpha value is -2.26. The fourth-order valence-electron chi connectivity index (χ4n) is 5.66. The van der Waals surface area contributed by atoms with Crippen LogP contribution in [0.5, 0.6) is 0 Å². The van der Waals surface area contributed by atoms with Gasteiger partial charge in [-0.3, -0.25) is 4.79 Å². The van der Waals surface area contributed by atoms with Gasteiger partial charge in [-0.15, -0.1) is 0 Å². The van der Waals surface area contributed by atoms with Gasteiger partial charge in [0.1, 0.15) is 0 Å². The summed E-state index contributed by atoms with van der Waals surface area (Å²) in [6, 6.07) is 14.7. The Balaban J connectivity index is 1.53. The molecular formula is C26H29ClN2O. The van der Waals surface area contributed by atoms with E-state index < -0.39 is 0 Å². The number of nitrogens with one attached hydrogen (secondary N) is 1. The molecule has 5 rings (SSSR count). The van der Waals surface area contributed by atoms with Crippen molar-refractivity contribution in [3.63, 3.8) is 0 Å². The first-order valence-corrected chi connectivity index (χ1v) is 11.6. The molecule has 2 aromatic carbocycles. The zero-order valence-corrected chi connectivity index (χ0v) is 18.2. The van der Waals surface area contributed by atoms with E-state index in [0.29, 0.717) is 17.9 Å². The number of hydrogen-bond acceptors (Lipinski definition) is 2. The topological polar surface area (TPSA) is 32.3 Å². The van der Waals surface area contributed by atoms with Crippen LogP contribution in [-0.4, -0.2) is 23.9 Å². The lowest BCUT2D eigenvalue weighted by Crippen LogP contribution is -2.39. The van der Waals surface area contributed by atoms with Crippen LogP contribution in [0.2, 0.25) is 5.02 Å². The molecule has 2 aliphatic carbocycles. The monoisotopic (exact) mass is 420 g/mol. The van der Waals surface area contributed by atoms with Crippen LogP contribution < -0.4 is 5.32 Å². The molecule has 3 atom stereocenters. The third kappa shape index (κ3) is 3.33. The number of halogens is 1. The molecule has 1 aliphatic heterocycles. The van der Waals surface area contributed by atoms with Gasteiger partial charge in [-0.05, 0) is 48.4 Å². The summed E-state index contributed by atoms with van der Waals surface area (Å²) in [5.41, 5.74) is 4.13. The number of rotatable bonds is 3. The Morgan fingerprint density at radius 2 is 1.80 bits per heavy atom. The van der Waals surface area contributed by atoms with Crippen LogP contribution in [-0.2, 0) is 0 Å². The highest BCUT2D eigenvalue weighted by molar-refractivity contribution is 6.31. The number of para-hydroxylation sites is 1. The second-order valence-electron chi connectivity index (χ2n) is 8.97. The fourth-order valence-corrected chi connectivity index (χ4v) is 5.91. The van der Waals surface area contributed by atoms with Gasteiger partial charge in [0.05, 0.1) is 17.3 Å². The summed E-state index contributed by atoms with van der Waals surface area (Å²) >= 11 is 6.59. The Labute approximate surface area is 184 Å². The van der Waals surface area contributed by atoms with Crippen LogP contribution in [0, 0.1) is 5.92 Å². The molecule has 1 heterocycles. The van der Waals surface area contributed by atoms with E-state index in [1.54, 1.807) is 0 Å². The summed E-state index contributed by atoms with van der Waals surface area (Å²) in [5, 5.41) is 4.55. The van der Waals surface area contributed by atoms with Gasteiger partial charge in [0.15, 0.2) is 0 Å². The number of fused-ring (bicyclic) bond motifs is 3. The summed E-state index contributed by atoms with van der Waals surface area (Å²) in [4.78, 5) is 15.5. The predicted octanol–water partition coefficient (Wildman–Crippen LogP) is 6.57. The molecule has 0 spiro atoms. The van der Waals surface area contributed by atoms with E-state index in [2.05, 4.69) is 29.6 Å². The van der Waals surface area contributed by atoms with Crippen LogP contribution in [0.3, 0.4) is 0 Å². The van der Waals surface area contributed by atoms with Gasteiger partial charge in [0.25, 0.3) is 5.91 Å². The van der Waals surface area contributed by atoms with Crippen molar-refractivity contribution in [2.45, 2.75) is 56.5 Å². The van der Waals surface area contributed by atoms with Gasteiger partial charge in [-0.1, -0.05) is 73.3 Å². The largest absolute Gasteiger partial charge is 0.377 e. The second kappa shape index (κ2) is 8.11. The number of hydrogen-bond donors (Lipinski definition) is 1. The van der Waals surface area contributed by atoms with Crippen LogP contribution in [0.15, 0.2) is 54.6 Å². The van der Waals surface area contributed by atoms with Crippen molar-refractivity contribution >= 4 is 23.2 Å². The Morgan fingerprint density at radius 3 is 2.60 bits per heavy atom. The van der Waals surface area contributed by atoms with Crippen LogP contribution in [0.25, 0.3) is 0 Å². The van der Waals surface area contributed by atoms with Crippen LogP contribution >= 0.6 is 11.6 Å². The number of allylic oxidation sites excluding steroid dienone is 2. The molecule has 30 heavy (non-hydrogen) atoms. The molecule has 1 amide bonds. The van der Waals surface area contributed by atoms with Crippen molar-refractivity contribution in [2.24, 2.45) is 5.92 Å². The lowest BCUT2D eigenvalue weighted by Gasteiger charge is -2.39. The summed E-state index contributed by atoms with van der Waals surface area (Å²) in [6.07, 6.45) is 11.6. The van der Waals surface area contributed by atoms with Gasteiger partial charge in [-0.25, -0.2) is 0 Å². The van der Waals surface area contributed by atoms with Gasteiger partial charge < -0.3 is 10.2 Å². The quantitative estimate of drug-likeness (QED) is 0.569. The lowest BCUT2D eigenvalue weighted by atomic mass is 9.76. The summed E-state index contributed by atoms with van der Waals surface area (Å²) < 4.78 is 0. The summed E-state index contributed by atoms with van der Waals surface area (Å²) in [5.74, 6) is 0.860. The Kier molecular flexibility index (Phi) is 5.32. The second-order valence-corrected chi connectivity index (χ2v) is 9.38. The molecule has 3 aliphatic rings. The fraction of sp³-hybridized carbons (Fsp3) is 0.423. The number of carbonyl (C=O) groups excluding carboxylic acids is 1. The SMILES string of the molecule is CN(C(=O)c1cccc2c1NC(c1ccccc1Cl)C1CC=CC21)C1CCCCC1. The molecule has 1 fully saturated rings. The molecule has 0 saturated heterocycles. The molecule has 2 aromatic rings. The number of nitrogens with zero attached hydrogens (tertiary/aromatic N) is 1. The van der Waals surface area contributed by atoms with E-state index in [4.69, 9.17) is 11.6 Å². The van der Waals surface area contributed by atoms with Crippen LogP contribution in [0.4, 0.5) is 5.69 Å². The number of carbonyl (C=O) groups is 1. The first-order valence-electron chi connectivity index (χ1n) is 11.2. The van der Waals surface area contributed by atoms with E-state index in [-0.39, 0.29) is 11.9 Å². The molecule has 4 heteroatoms. The van der Waals surface area contributed by atoms with Crippen molar-refractivity contribution in [1.29, 1.82) is 0 Å². The molecule has 1 saturated carbocycles. The summed E-state index contributed by atoms with van der Waals surface area (Å²) in [7, 11) is 1.98. The molecule has 3 nitrogen and oxygen atoms in total. The maximum absolute atomic E-state index is 13.6. The highest BCUT2D eigenvalue weighted by Crippen LogP contribution is 2.51. The normalized spacial score (nSPS) is 25.3. The zero-order valence-electron chi connectivity index (χ0n) is 17.5. The lowest BCUT2D eigenvalue weighted by molar-refractivity contribution is 0.0697. The molecule has 0 aromatic heterocycles.